The number of anilines is 4. The van der Waals surface area contributed by atoms with Gasteiger partial charge in [0, 0.05) is 49.7 Å². The summed E-state index contributed by atoms with van der Waals surface area (Å²) in [6.07, 6.45) is 5.25. The van der Waals surface area contributed by atoms with Crippen LogP contribution in [0.25, 0.3) is 0 Å². The molecular weight excluding hydrogens is 528 g/mol. The molecule has 41 heavy (non-hydrogen) atoms. The number of rotatable bonds is 7. The van der Waals surface area contributed by atoms with E-state index in [9.17, 15) is 18.4 Å². The normalized spacial score (nSPS) is 15.8. The van der Waals surface area contributed by atoms with Crippen molar-refractivity contribution in [3.05, 3.63) is 77.9 Å². The summed E-state index contributed by atoms with van der Waals surface area (Å²) in [5.41, 5.74) is 2.52. The molecule has 1 saturated carbocycles. The van der Waals surface area contributed by atoms with E-state index in [0.29, 0.717) is 30.4 Å². The number of benzene rings is 3. The molecule has 1 aliphatic carbocycles. The molecule has 0 unspecified atom stereocenters. The maximum atomic E-state index is 14.0. The minimum absolute atomic E-state index is 0.118. The molecule has 8 nitrogen and oxygen atoms in total. The number of nitrogens with zero attached hydrogens (tertiary/aromatic N) is 2. The van der Waals surface area contributed by atoms with Crippen molar-refractivity contribution in [1.82, 2.24) is 5.32 Å². The Morgan fingerprint density at radius 2 is 1.54 bits per heavy atom. The number of hydrogen-bond donors (Lipinski definition) is 3. The van der Waals surface area contributed by atoms with Crippen LogP contribution in [0.2, 0.25) is 0 Å². The molecule has 5 rings (SSSR count). The molecule has 1 aliphatic heterocycles. The topological polar surface area (TPSA) is 85.9 Å². The molecule has 2 aliphatic rings. The highest BCUT2D eigenvalue weighted by Crippen LogP contribution is 2.31. The van der Waals surface area contributed by atoms with Crippen molar-refractivity contribution in [2.24, 2.45) is 0 Å². The van der Waals surface area contributed by atoms with Gasteiger partial charge >= 0.3 is 6.03 Å². The van der Waals surface area contributed by atoms with E-state index < -0.39 is 17.7 Å². The average molecular weight is 564 g/mol. The van der Waals surface area contributed by atoms with Gasteiger partial charge in [0.2, 0.25) is 0 Å². The third-order valence-electron chi connectivity index (χ3n) is 7.66. The first kappa shape index (κ1) is 28.2. The lowest BCUT2D eigenvalue weighted by Crippen LogP contribution is -2.47. The highest BCUT2D eigenvalue weighted by atomic mass is 19.1. The van der Waals surface area contributed by atoms with Crippen molar-refractivity contribution in [2.75, 3.05) is 53.7 Å². The maximum Gasteiger partial charge on any atom is 0.323 e. The predicted octanol–water partition coefficient (Wildman–Crippen LogP) is 6.01. The Labute approximate surface area is 238 Å². The Hall–Kier alpha value is -4.34. The number of hydrogen-bond acceptors (Lipinski definition) is 5. The largest absolute Gasteiger partial charge is 0.495 e. The molecular formula is C31H35F2N5O3. The molecule has 3 amide bonds. The highest BCUT2D eigenvalue weighted by molar-refractivity contribution is 6.04. The Morgan fingerprint density at radius 1 is 0.829 bits per heavy atom. The van der Waals surface area contributed by atoms with Crippen molar-refractivity contribution in [1.29, 1.82) is 0 Å². The summed E-state index contributed by atoms with van der Waals surface area (Å²) in [4.78, 5) is 30.6. The number of carbonyl (C=O) groups excluding carboxylic acids is 2. The lowest BCUT2D eigenvalue weighted by atomic mass is 9.95. The first-order valence-corrected chi connectivity index (χ1v) is 14.0. The Bertz CT molecular complexity index is 1390. The van der Waals surface area contributed by atoms with Gasteiger partial charge in [-0.15, -0.1) is 0 Å². The minimum atomic E-state index is -0.879. The van der Waals surface area contributed by atoms with Gasteiger partial charge in [-0.25, -0.2) is 13.6 Å². The van der Waals surface area contributed by atoms with Gasteiger partial charge in [-0.2, -0.15) is 0 Å². The van der Waals surface area contributed by atoms with Gasteiger partial charge in [-0.05, 0) is 55.3 Å². The first-order chi connectivity index (χ1) is 19.9. The molecule has 2 fully saturated rings. The lowest BCUT2D eigenvalue weighted by Gasteiger charge is -2.38. The number of ether oxygens (including phenoxy) is 1. The number of urea groups is 1. The number of piperazine rings is 1. The molecule has 0 atom stereocenters. The molecule has 1 heterocycles. The second kappa shape index (κ2) is 12.9. The molecule has 3 aromatic carbocycles. The van der Waals surface area contributed by atoms with Crippen molar-refractivity contribution in [3.63, 3.8) is 0 Å². The van der Waals surface area contributed by atoms with Crippen molar-refractivity contribution >= 4 is 34.7 Å². The smallest absolute Gasteiger partial charge is 0.323 e. The van der Waals surface area contributed by atoms with Gasteiger partial charge in [0.25, 0.3) is 5.91 Å². The quantitative estimate of drug-likeness (QED) is 0.328. The van der Waals surface area contributed by atoms with Gasteiger partial charge in [0.05, 0.1) is 24.0 Å². The molecule has 3 N–H and O–H groups in total. The van der Waals surface area contributed by atoms with E-state index in [2.05, 4.69) is 25.8 Å². The van der Waals surface area contributed by atoms with E-state index in [0.717, 1.165) is 68.0 Å². The molecule has 0 spiro atoms. The number of para-hydroxylation sites is 2. The monoisotopic (exact) mass is 563 g/mol. The van der Waals surface area contributed by atoms with Crippen molar-refractivity contribution in [2.45, 2.75) is 38.1 Å². The second-order valence-electron chi connectivity index (χ2n) is 10.4. The van der Waals surface area contributed by atoms with Crippen molar-refractivity contribution < 1.29 is 23.1 Å². The first-order valence-electron chi connectivity index (χ1n) is 14.0. The van der Waals surface area contributed by atoms with Crippen LogP contribution in [0.1, 0.15) is 42.5 Å². The van der Waals surface area contributed by atoms with E-state index in [1.54, 1.807) is 19.2 Å². The molecule has 0 radical (unpaired) electrons. The fourth-order valence-corrected chi connectivity index (χ4v) is 5.54. The van der Waals surface area contributed by atoms with Crippen LogP contribution in [0.3, 0.4) is 0 Å². The average Bonchev–Trinajstić information content (AvgIpc) is 2.99. The van der Waals surface area contributed by atoms with Crippen LogP contribution in [0.5, 0.6) is 5.75 Å². The van der Waals surface area contributed by atoms with Crippen LogP contribution in [-0.4, -0.2) is 51.3 Å². The van der Waals surface area contributed by atoms with Gasteiger partial charge in [-0.1, -0.05) is 31.4 Å². The Balaban J connectivity index is 1.33. The Kier molecular flexibility index (Phi) is 8.86. The third-order valence-corrected chi connectivity index (χ3v) is 7.66. The summed E-state index contributed by atoms with van der Waals surface area (Å²) >= 11 is 0. The third kappa shape index (κ3) is 6.87. The number of nitrogens with one attached hydrogen (secondary N) is 3. The van der Waals surface area contributed by atoms with Gasteiger partial charge < -0.3 is 30.5 Å². The zero-order valence-corrected chi connectivity index (χ0v) is 23.1. The molecule has 3 aromatic rings. The van der Waals surface area contributed by atoms with E-state index >= 15 is 0 Å². The second-order valence-corrected chi connectivity index (χ2v) is 10.4. The lowest BCUT2D eigenvalue weighted by molar-refractivity contribution is 0.0928. The molecule has 1 saturated heterocycles. The number of amides is 3. The summed E-state index contributed by atoms with van der Waals surface area (Å²) in [5.74, 6) is -0.980. The minimum Gasteiger partial charge on any atom is -0.495 e. The van der Waals surface area contributed by atoms with Crippen LogP contribution in [0.15, 0.2) is 60.7 Å². The number of carbonyl (C=O) groups is 2. The van der Waals surface area contributed by atoms with Crippen LogP contribution < -0.4 is 30.5 Å². The zero-order chi connectivity index (χ0) is 28.8. The summed E-state index contributed by atoms with van der Waals surface area (Å²) < 4.78 is 32.8. The van der Waals surface area contributed by atoms with E-state index in [1.165, 1.54) is 6.42 Å². The zero-order valence-electron chi connectivity index (χ0n) is 23.1. The summed E-state index contributed by atoms with van der Waals surface area (Å²) in [7, 11) is 1.66. The standard InChI is InChI=1S/C31H35F2N5O3/c1-41-29-10-6-5-9-28(29)38-17-15-37(16-18-38)27-14-12-23(20-24(27)30(39)34-22-7-3-2-4-8-22)35-31(40)36-26-13-11-21(32)19-25(26)33/h5-6,9-14,19-20,22H,2-4,7-8,15-18H2,1H3,(H,34,39)(H2,35,36,40). The predicted molar refractivity (Wildman–Crippen MR) is 157 cm³/mol. The summed E-state index contributed by atoms with van der Waals surface area (Å²) in [6, 6.07) is 15.5. The highest BCUT2D eigenvalue weighted by Gasteiger charge is 2.25. The molecule has 0 bridgehead atoms. The Morgan fingerprint density at radius 3 is 2.24 bits per heavy atom. The van der Waals surface area contributed by atoms with Gasteiger partial charge in [-0.3, -0.25) is 4.79 Å². The fourth-order valence-electron chi connectivity index (χ4n) is 5.54. The van der Waals surface area contributed by atoms with Gasteiger partial charge in [0.15, 0.2) is 0 Å². The van der Waals surface area contributed by atoms with Crippen LogP contribution in [-0.2, 0) is 0 Å². The van der Waals surface area contributed by atoms with Crippen molar-refractivity contribution in [3.8, 4) is 5.75 Å². The fraction of sp³-hybridized carbons (Fsp3) is 0.355. The summed E-state index contributed by atoms with van der Waals surface area (Å²) in [6.45, 7) is 2.88. The number of methoxy groups -OCH3 is 1. The summed E-state index contributed by atoms with van der Waals surface area (Å²) in [5, 5.41) is 8.25. The van der Waals surface area contributed by atoms with E-state index in [-0.39, 0.29) is 17.6 Å². The van der Waals surface area contributed by atoms with Crippen LogP contribution >= 0.6 is 0 Å². The van der Waals surface area contributed by atoms with Crippen LogP contribution in [0.4, 0.5) is 36.3 Å². The number of halogens is 2. The van der Waals surface area contributed by atoms with E-state index in [4.69, 9.17) is 4.74 Å². The SMILES string of the molecule is COc1ccccc1N1CCN(c2ccc(NC(=O)Nc3ccc(F)cc3F)cc2C(=O)NC2CCCCC2)CC1. The molecule has 10 heteroatoms. The van der Waals surface area contributed by atoms with Crippen LogP contribution in [0, 0.1) is 11.6 Å². The van der Waals surface area contributed by atoms with E-state index in [1.807, 2.05) is 30.3 Å². The van der Waals surface area contributed by atoms with Gasteiger partial charge in [0.1, 0.15) is 17.4 Å². The molecule has 0 aromatic heterocycles. The molecule has 216 valence electrons. The maximum absolute atomic E-state index is 14.0.